The molecule has 4 amide bonds. The van der Waals surface area contributed by atoms with E-state index in [1.165, 1.54) is 29.4 Å². The van der Waals surface area contributed by atoms with Gasteiger partial charge in [0.05, 0.1) is 11.3 Å². The standard InChI is InChI=1S/C22H21F3N4O4/c23-22(24,25)33-17-6-4-16(5-7-17)29-19(30)14-28(21(29)32)13-15-8-9-26-12-18(15)20(31)27-10-2-1-3-11-27/h4-9,12H,1-3,10-11,13-14H2. The summed E-state index contributed by atoms with van der Waals surface area (Å²) in [5.74, 6) is -1.14. The smallest absolute Gasteiger partial charge is 0.406 e. The fourth-order valence-corrected chi connectivity index (χ4v) is 3.95. The number of alkyl halides is 3. The SMILES string of the molecule is O=C(c1cnccc1CN1CC(=O)N(c2ccc(OC(F)(F)F)cc2)C1=O)N1CCCCC1. The Kier molecular flexibility index (Phi) is 6.21. The summed E-state index contributed by atoms with van der Waals surface area (Å²) in [6.07, 6.45) is 1.08. The Bertz CT molecular complexity index is 1050. The molecule has 2 fully saturated rings. The summed E-state index contributed by atoms with van der Waals surface area (Å²) in [6.45, 7) is 1.12. The number of likely N-dealkylation sites (tertiary alicyclic amines) is 1. The number of rotatable bonds is 5. The topological polar surface area (TPSA) is 83.0 Å². The molecule has 8 nitrogen and oxygen atoms in total. The molecule has 0 bridgehead atoms. The number of ether oxygens (including phenoxy) is 1. The molecule has 0 aliphatic carbocycles. The number of carbonyl (C=O) groups excluding carboxylic acids is 3. The molecule has 0 N–H and O–H groups in total. The molecule has 2 aromatic rings. The van der Waals surface area contributed by atoms with Gasteiger partial charge in [0, 0.05) is 32.0 Å². The second-order valence-corrected chi connectivity index (χ2v) is 7.80. The molecule has 0 radical (unpaired) electrons. The molecule has 174 valence electrons. The highest BCUT2D eigenvalue weighted by molar-refractivity contribution is 6.19. The molecule has 1 aromatic carbocycles. The molecule has 0 atom stereocenters. The number of anilines is 1. The fourth-order valence-electron chi connectivity index (χ4n) is 3.95. The van der Waals surface area contributed by atoms with Crippen LogP contribution in [0.3, 0.4) is 0 Å². The summed E-state index contributed by atoms with van der Waals surface area (Å²) < 4.78 is 40.9. The van der Waals surface area contributed by atoms with Crippen LogP contribution in [0.1, 0.15) is 35.2 Å². The third-order valence-corrected chi connectivity index (χ3v) is 5.51. The summed E-state index contributed by atoms with van der Waals surface area (Å²) in [4.78, 5) is 46.4. The minimum absolute atomic E-state index is 0.0216. The number of pyridine rings is 1. The molecule has 3 heterocycles. The predicted octanol–water partition coefficient (Wildman–Crippen LogP) is 3.58. The molecule has 4 rings (SSSR count). The molecule has 0 spiro atoms. The Morgan fingerprint density at radius 2 is 1.73 bits per heavy atom. The number of amides is 4. The van der Waals surface area contributed by atoms with Gasteiger partial charge in [-0.2, -0.15) is 0 Å². The van der Waals surface area contributed by atoms with Gasteiger partial charge in [-0.1, -0.05) is 0 Å². The van der Waals surface area contributed by atoms with E-state index in [1.807, 2.05) is 0 Å². The van der Waals surface area contributed by atoms with Crippen molar-refractivity contribution in [2.45, 2.75) is 32.2 Å². The van der Waals surface area contributed by atoms with Gasteiger partial charge < -0.3 is 14.5 Å². The van der Waals surface area contributed by atoms with Crippen LogP contribution in [0, 0.1) is 0 Å². The number of carbonyl (C=O) groups is 3. The van der Waals surface area contributed by atoms with Crippen molar-refractivity contribution in [3.05, 3.63) is 53.9 Å². The zero-order chi connectivity index (χ0) is 23.6. The van der Waals surface area contributed by atoms with Crippen molar-refractivity contribution in [1.82, 2.24) is 14.8 Å². The van der Waals surface area contributed by atoms with Crippen LogP contribution in [0.4, 0.5) is 23.7 Å². The van der Waals surface area contributed by atoms with Crippen molar-refractivity contribution < 1.29 is 32.3 Å². The molecule has 2 aliphatic rings. The van der Waals surface area contributed by atoms with Crippen molar-refractivity contribution in [1.29, 1.82) is 0 Å². The molecule has 11 heteroatoms. The lowest BCUT2D eigenvalue weighted by atomic mass is 10.1. The number of hydrogen-bond acceptors (Lipinski definition) is 5. The molecule has 2 saturated heterocycles. The largest absolute Gasteiger partial charge is 0.573 e. The van der Waals surface area contributed by atoms with Crippen molar-refractivity contribution in [3.8, 4) is 5.75 Å². The third-order valence-electron chi connectivity index (χ3n) is 5.51. The molecule has 2 aliphatic heterocycles. The minimum atomic E-state index is -4.84. The van der Waals surface area contributed by atoms with E-state index in [2.05, 4.69) is 9.72 Å². The van der Waals surface area contributed by atoms with Crippen LogP contribution in [0.2, 0.25) is 0 Å². The van der Waals surface area contributed by atoms with Crippen molar-refractivity contribution in [2.24, 2.45) is 0 Å². The number of piperidine rings is 1. The average Bonchev–Trinajstić information content (AvgIpc) is 3.06. The van der Waals surface area contributed by atoms with Crippen molar-refractivity contribution in [2.75, 3.05) is 24.5 Å². The summed E-state index contributed by atoms with van der Waals surface area (Å²) in [7, 11) is 0. The van der Waals surface area contributed by atoms with Gasteiger partial charge in [0.2, 0.25) is 0 Å². The van der Waals surface area contributed by atoms with E-state index in [-0.39, 0.29) is 24.7 Å². The van der Waals surface area contributed by atoms with Gasteiger partial charge in [-0.3, -0.25) is 14.6 Å². The van der Waals surface area contributed by atoms with Crippen molar-refractivity contribution in [3.63, 3.8) is 0 Å². The number of aromatic nitrogens is 1. The van der Waals surface area contributed by atoms with E-state index in [0.29, 0.717) is 24.2 Å². The molecular formula is C22H21F3N4O4. The van der Waals surface area contributed by atoms with Gasteiger partial charge in [-0.05, 0) is 55.2 Å². The average molecular weight is 462 g/mol. The van der Waals surface area contributed by atoms with Crippen LogP contribution < -0.4 is 9.64 Å². The number of imide groups is 1. The number of urea groups is 1. The highest BCUT2D eigenvalue weighted by Crippen LogP contribution is 2.28. The highest BCUT2D eigenvalue weighted by Gasteiger charge is 2.38. The van der Waals surface area contributed by atoms with Gasteiger partial charge >= 0.3 is 12.4 Å². The first-order valence-corrected chi connectivity index (χ1v) is 10.4. The van der Waals surface area contributed by atoms with Crippen LogP contribution >= 0.6 is 0 Å². The summed E-state index contributed by atoms with van der Waals surface area (Å²) in [6, 6.07) is 5.49. The first kappa shape index (κ1) is 22.6. The Morgan fingerprint density at radius 3 is 2.39 bits per heavy atom. The zero-order valence-electron chi connectivity index (χ0n) is 17.5. The maximum Gasteiger partial charge on any atom is 0.573 e. The highest BCUT2D eigenvalue weighted by atomic mass is 19.4. The van der Waals surface area contributed by atoms with Crippen LogP contribution in [-0.4, -0.2) is 58.6 Å². The van der Waals surface area contributed by atoms with Gasteiger partial charge in [0.15, 0.2) is 0 Å². The van der Waals surface area contributed by atoms with E-state index >= 15 is 0 Å². The normalized spacial score (nSPS) is 17.0. The van der Waals surface area contributed by atoms with Crippen LogP contribution in [0.5, 0.6) is 5.75 Å². The van der Waals surface area contributed by atoms with Crippen LogP contribution in [0.15, 0.2) is 42.7 Å². The first-order chi connectivity index (χ1) is 15.7. The van der Waals surface area contributed by atoms with E-state index < -0.39 is 24.1 Å². The number of halogens is 3. The summed E-state index contributed by atoms with van der Waals surface area (Å²) in [5, 5.41) is 0. The summed E-state index contributed by atoms with van der Waals surface area (Å²) in [5.41, 5.74) is 1.07. The molecule has 0 unspecified atom stereocenters. The van der Waals surface area contributed by atoms with E-state index in [0.717, 1.165) is 36.3 Å². The second-order valence-electron chi connectivity index (χ2n) is 7.80. The molecule has 1 aromatic heterocycles. The predicted molar refractivity (Wildman–Crippen MR) is 110 cm³/mol. The molecule has 33 heavy (non-hydrogen) atoms. The third kappa shape index (κ3) is 5.07. The minimum Gasteiger partial charge on any atom is -0.406 e. The maximum absolute atomic E-state index is 13.0. The summed E-state index contributed by atoms with van der Waals surface area (Å²) >= 11 is 0. The lowest BCUT2D eigenvalue weighted by Gasteiger charge is -2.27. The van der Waals surface area contributed by atoms with Crippen LogP contribution in [-0.2, 0) is 11.3 Å². The first-order valence-electron chi connectivity index (χ1n) is 10.4. The Morgan fingerprint density at radius 1 is 1.03 bits per heavy atom. The monoisotopic (exact) mass is 462 g/mol. The fraction of sp³-hybridized carbons (Fsp3) is 0.364. The lowest BCUT2D eigenvalue weighted by molar-refractivity contribution is -0.274. The molecule has 0 saturated carbocycles. The number of hydrogen-bond donors (Lipinski definition) is 0. The van der Waals surface area contributed by atoms with Gasteiger partial charge in [0.25, 0.3) is 11.8 Å². The van der Waals surface area contributed by atoms with Gasteiger partial charge in [-0.25, -0.2) is 9.69 Å². The van der Waals surface area contributed by atoms with E-state index in [9.17, 15) is 27.6 Å². The Balaban J connectivity index is 1.49. The van der Waals surface area contributed by atoms with E-state index in [1.54, 1.807) is 11.0 Å². The lowest BCUT2D eigenvalue weighted by Crippen LogP contribution is -2.37. The second kappa shape index (κ2) is 9.08. The van der Waals surface area contributed by atoms with Gasteiger partial charge in [-0.15, -0.1) is 13.2 Å². The van der Waals surface area contributed by atoms with E-state index in [4.69, 9.17) is 0 Å². The number of benzene rings is 1. The number of nitrogens with zero attached hydrogens (tertiary/aromatic N) is 4. The van der Waals surface area contributed by atoms with Gasteiger partial charge in [0.1, 0.15) is 12.3 Å². The Labute approximate surface area is 187 Å². The van der Waals surface area contributed by atoms with Crippen LogP contribution in [0.25, 0.3) is 0 Å². The zero-order valence-corrected chi connectivity index (χ0v) is 17.5. The maximum atomic E-state index is 13.0. The van der Waals surface area contributed by atoms with Crippen molar-refractivity contribution >= 4 is 23.5 Å². The quantitative estimate of drug-likeness (QED) is 0.635. The molecular weight excluding hydrogens is 441 g/mol. The Hall–Kier alpha value is -3.63.